The van der Waals surface area contributed by atoms with Gasteiger partial charge in [0.05, 0.1) is 37.7 Å². The predicted octanol–water partition coefficient (Wildman–Crippen LogP) is 4.91. The summed E-state index contributed by atoms with van der Waals surface area (Å²) in [6, 6.07) is 16.7. The third-order valence-corrected chi connectivity index (χ3v) is 6.70. The van der Waals surface area contributed by atoms with E-state index in [-0.39, 0.29) is 23.2 Å². The van der Waals surface area contributed by atoms with E-state index in [2.05, 4.69) is 5.32 Å². The van der Waals surface area contributed by atoms with Crippen LogP contribution in [0, 0.1) is 0 Å². The number of sulfonamides is 1. The number of methoxy groups -OCH3 is 2. The average Bonchev–Trinajstić information content (AvgIpc) is 2.82. The second-order valence-corrected chi connectivity index (χ2v) is 10.2. The summed E-state index contributed by atoms with van der Waals surface area (Å²) in [4.78, 5) is 12.6. The van der Waals surface area contributed by atoms with Crippen LogP contribution in [-0.2, 0) is 23.1 Å². The Balaban J connectivity index is 1.71. The third-order valence-electron chi connectivity index (χ3n) is 5.02. The van der Waals surface area contributed by atoms with Gasteiger partial charge < -0.3 is 14.8 Å². The minimum Gasteiger partial charge on any atom is -0.493 e. The number of anilines is 1. The van der Waals surface area contributed by atoms with Crippen molar-refractivity contribution >= 4 is 44.8 Å². The number of halogens is 2. The molecule has 34 heavy (non-hydrogen) atoms. The number of nitrogens with zero attached hydrogens (tertiary/aromatic N) is 1. The zero-order valence-electron chi connectivity index (χ0n) is 18.8. The molecule has 0 unspecified atom stereocenters. The zero-order chi connectivity index (χ0) is 24.9. The SMILES string of the molecule is COc1ccc(CNC(=O)c2ccc(CN(c3cc(Cl)ccc3Cl)S(C)(=O)=O)cc2)cc1OC. The van der Waals surface area contributed by atoms with Crippen LogP contribution in [0.15, 0.2) is 60.7 Å². The lowest BCUT2D eigenvalue weighted by Gasteiger charge is -2.24. The van der Waals surface area contributed by atoms with Crippen LogP contribution in [0.5, 0.6) is 11.5 Å². The minimum atomic E-state index is -3.64. The van der Waals surface area contributed by atoms with E-state index < -0.39 is 10.0 Å². The van der Waals surface area contributed by atoms with Crippen molar-refractivity contribution < 1.29 is 22.7 Å². The molecule has 0 atom stereocenters. The minimum absolute atomic E-state index is 0.0342. The van der Waals surface area contributed by atoms with E-state index in [0.29, 0.717) is 34.2 Å². The third kappa shape index (κ3) is 6.34. The van der Waals surface area contributed by atoms with E-state index in [0.717, 1.165) is 11.8 Å². The van der Waals surface area contributed by atoms with E-state index in [1.54, 1.807) is 62.8 Å². The Morgan fingerprint density at radius 1 is 0.912 bits per heavy atom. The highest BCUT2D eigenvalue weighted by Gasteiger charge is 2.21. The molecule has 10 heteroatoms. The van der Waals surface area contributed by atoms with Gasteiger partial charge in [-0.05, 0) is 53.6 Å². The van der Waals surface area contributed by atoms with Gasteiger partial charge in [-0.3, -0.25) is 9.10 Å². The number of carbonyl (C=O) groups excluding carboxylic acids is 1. The summed E-state index contributed by atoms with van der Waals surface area (Å²) in [5.74, 6) is 0.920. The summed E-state index contributed by atoms with van der Waals surface area (Å²) in [5, 5.41) is 3.49. The van der Waals surface area contributed by atoms with E-state index in [4.69, 9.17) is 32.7 Å². The summed E-state index contributed by atoms with van der Waals surface area (Å²) in [6.45, 7) is 0.336. The Bertz CT molecular complexity index is 1280. The Kier molecular flexibility index (Phi) is 8.30. The van der Waals surface area contributed by atoms with Gasteiger partial charge in [-0.25, -0.2) is 8.42 Å². The number of benzene rings is 3. The fourth-order valence-electron chi connectivity index (χ4n) is 3.26. The molecule has 0 saturated heterocycles. The van der Waals surface area contributed by atoms with Crippen molar-refractivity contribution in [2.45, 2.75) is 13.1 Å². The molecule has 3 aromatic rings. The van der Waals surface area contributed by atoms with Crippen molar-refractivity contribution in [2.24, 2.45) is 0 Å². The van der Waals surface area contributed by atoms with Crippen LogP contribution >= 0.6 is 23.2 Å². The zero-order valence-corrected chi connectivity index (χ0v) is 21.2. The van der Waals surface area contributed by atoms with Crippen LogP contribution in [0.3, 0.4) is 0 Å². The molecular formula is C24H24Cl2N2O5S. The van der Waals surface area contributed by atoms with Crippen molar-refractivity contribution in [3.63, 3.8) is 0 Å². The van der Waals surface area contributed by atoms with Gasteiger partial charge in [0.1, 0.15) is 0 Å². The smallest absolute Gasteiger partial charge is 0.251 e. The molecule has 0 saturated carbocycles. The first-order valence-electron chi connectivity index (χ1n) is 10.1. The molecule has 0 aliphatic heterocycles. The van der Waals surface area contributed by atoms with Crippen LogP contribution in [0.1, 0.15) is 21.5 Å². The standard InChI is InChI=1S/C24H24Cl2N2O5S/c1-32-22-11-6-17(12-23(22)33-2)14-27-24(29)18-7-4-16(5-8-18)15-28(34(3,30)31)21-13-19(25)9-10-20(21)26/h4-13H,14-15H2,1-3H3,(H,27,29). The van der Waals surface area contributed by atoms with Crippen LogP contribution < -0.4 is 19.1 Å². The van der Waals surface area contributed by atoms with Crippen LogP contribution in [-0.4, -0.2) is 34.8 Å². The molecule has 0 fully saturated rings. The monoisotopic (exact) mass is 522 g/mol. The highest BCUT2D eigenvalue weighted by molar-refractivity contribution is 7.92. The Morgan fingerprint density at radius 2 is 1.56 bits per heavy atom. The quantitative estimate of drug-likeness (QED) is 0.431. The maximum atomic E-state index is 12.6. The summed E-state index contributed by atoms with van der Waals surface area (Å²) in [7, 11) is -0.534. The molecule has 1 amide bonds. The van der Waals surface area contributed by atoms with Crippen molar-refractivity contribution in [3.05, 3.63) is 87.4 Å². The predicted molar refractivity (Wildman–Crippen MR) is 135 cm³/mol. The number of hydrogen-bond acceptors (Lipinski definition) is 5. The lowest BCUT2D eigenvalue weighted by molar-refractivity contribution is 0.0951. The number of ether oxygens (including phenoxy) is 2. The van der Waals surface area contributed by atoms with E-state index in [1.165, 1.54) is 10.4 Å². The maximum Gasteiger partial charge on any atom is 0.251 e. The van der Waals surface area contributed by atoms with Gasteiger partial charge in [0.25, 0.3) is 5.91 Å². The number of amides is 1. The van der Waals surface area contributed by atoms with Crippen LogP contribution in [0.25, 0.3) is 0 Å². The molecule has 3 rings (SSSR count). The molecule has 0 radical (unpaired) electrons. The van der Waals surface area contributed by atoms with Gasteiger partial charge in [0.2, 0.25) is 10.0 Å². The molecule has 1 N–H and O–H groups in total. The largest absolute Gasteiger partial charge is 0.493 e. The van der Waals surface area contributed by atoms with E-state index >= 15 is 0 Å². The highest BCUT2D eigenvalue weighted by atomic mass is 35.5. The summed E-state index contributed by atoms with van der Waals surface area (Å²) < 4.78 is 36.5. The molecule has 0 spiro atoms. The second-order valence-electron chi connectivity index (χ2n) is 7.43. The summed E-state index contributed by atoms with van der Waals surface area (Å²) in [5.41, 5.74) is 2.26. The van der Waals surface area contributed by atoms with Gasteiger partial charge in [-0.15, -0.1) is 0 Å². The first-order valence-corrected chi connectivity index (χ1v) is 12.7. The fourth-order valence-corrected chi connectivity index (χ4v) is 4.59. The van der Waals surface area contributed by atoms with Crippen LogP contribution in [0.2, 0.25) is 10.0 Å². The molecule has 0 bridgehead atoms. The Hall–Kier alpha value is -2.94. The van der Waals surface area contributed by atoms with Crippen molar-refractivity contribution in [2.75, 3.05) is 24.8 Å². The van der Waals surface area contributed by atoms with Crippen molar-refractivity contribution in [1.29, 1.82) is 0 Å². The second kappa shape index (κ2) is 11.0. The number of nitrogens with one attached hydrogen (secondary N) is 1. The molecule has 0 aliphatic rings. The number of rotatable bonds is 9. The average molecular weight is 523 g/mol. The molecule has 0 heterocycles. The van der Waals surface area contributed by atoms with Gasteiger partial charge in [-0.1, -0.05) is 41.4 Å². The lowest BCUT2D eigenvalue weighted by Crippen LogP contribution is -2.29. The normalized spacial score (nSPS) is 11.1. The molecule has 180 valence electrons. The van der Waals surface area contributed by atoms with E-state index in [9.17, 15) is 13.2 Å². The highest BCUT2D eigenvalue weighted by Crippen LogP contribution is 2.32. The maximum absolute atomic E-state index is 12.6. The van der Waals surface area contributed by atoms with Gasteiger partial charge in [0.15, 0.2) is 11.5 Å². The van der Waals surface area contributed by atoms with Gasteiger partial charge in [0, 0.05) is 17.1 Å². The summed E-state index contributed by atoms with van der Waals surface area (Å²) in [6.07, 6.45) is 1.10. The number of hydrogen-bond donors (Lipinski definition) is 1. The summed E-state index contributed by atoms with van der Waals surface area (Å²) >= 11 is 12.3. The molecule has 3 aromatic carbocycles. The molecular weight excluding hydrogens is 499 g/mol. The van der Waals surface area contributed by atoms with Crippen molar-refractivity contribution in [3.8, 4) is 11.5 Å². The van der Waals surface area contributed by atoms with Crippen LogP contribution in [0.4, 0.5) is 5.69 Å². The molecule has 0 aliphatic carbocycles. The topological polar surface area (TPSA) is 84.9 Å². The van der Waals surface area contributed by atoms with Crippen molar-refractivity contribution in [1.82, 2.24) is 5.32 Å². The van der Waals surface area contributed by atoms with Gasteiger partial charge in [-0.2, -0.15) is 0 Å². The Labute approximate surface area is 209 Å². The Morgan fingerprint density at radius 3 is 2.18 bits per heavy atom. The van der Waals surface area contributed by atoms with Gasteiger partial charge >= 0.3 is 0 Å². The molecule has 0 aromatic heterocycles. The fraction of sp³-hybridized carbons (Fsp3) is 0.208. The molecule has 7 nitrogen and oxygen atoms in total. The lowest BCUT2D eigenvalue weighted by atomic mass is 10.1. The number of carbonyl (C=O) groups is 1. The first-order chi connectivity index (χ1) is 16.1. The van der Waals surface area contributed by atoms with E-state index in [1.807, 2.05) is 6.07 Å². The first kappa shape index (κ1) is 25.7.